The van der Waals surface area contributed by atoms with Crippen molar-refractivity contribution < 1.29 is 31.4 Å². The summed E-state index contributed by atoms with van der Waals surface area (Å²) in [4.78, 5) is 0. The monoisotopic (exact) mass is 301 g/mol. The topological polar surface area (TPSA) is 32.3 Å². The van der Waals surface area contributed by atoms with Crippen LogP contribution in [0.25, 0.3) is 0 Å². The van der Waals surface area contributed by atoms with Crippen LogP contribution in [-0.4, -0.2) is 24.4 Å². The fraction of sp³-hybridized carbons (Fsp3) is 0.500. The molecule has 20 heavy (non-hydrogen) atoms. The van der Waals surface area contributed by atoms with Gasteiger partial charge in [0.25, 0.3) is 0 Å². The SMILES string of the molecule is CC(CO)(NCC(F)(F)F)c1cccc(C(F)(F)F)c1. The maximum Gasteiger partial charge on any atom is 0.416 e. The number of nitrogens with one attached hydrogen (secondary N) is 1. The Kier molecular flexibility index (Phi) is 4.70. The molecule has 0 amide bonds. The van der Waals surface area contributed by atoms with Crippen molar-refractivity contribution in [2.24, 2.45) is 0 Å². The zero-order valence-electron chi connectivity index (χ0n) is 10.4. The minimum absolute atomic E-state index is 0.0703. The molecule has 0 radical (unpaired) electrons. The van der Waals surface area contributed by atoms with Crippen LogP contribution in [-0.2, 0) is 11.7 Å². The number of aliphatic hydroxyl groups excluding tert-OH is 1. The Morgan fingerprint density at radius 2 is 1.60 bits per heavy atom. The van der Waals surface area contributed by atoms with Gasteiger partial charge in [-0.15, -0.1) is 0 Å². The zero-order valence-corrected chi connectivity index (χ0v) is 10.4. The van der Waals surface area contributed by atoms with Crippen molar-refractivity contribution in [3.05, 3.63) is 35.4 Å². The lowest BCUT2D eigenvalue weighted by molar-refractivity contribution is -0.138. The van der Waals surface area contributed by atoms with Gasteiger partial charge in [-0.1, -0.05) is 12.1 Å². The van der Waals surface area contributed by atoms with E-state index >= 15 is 0 Å². The maximum absolute atomic E-state index is 12.6. The van der Waals surface area contributed by atoms with Crippen molar-refractivity contribution in [3.63, 3.8) is 0 Å². The number of rotatable bonds is 4. The van der Waals surface area contributed by atoms with Crippen LogP contribution in [0.1, 0.15) is 18.1 Å². The number of alkyl halides is 6. The van der Waals surface area contributed by atoms with E-state index in [1.165, 1.54) is 13.0 Å². The van der Waals surface area contributed by atoms with Crippen LogP contribution in [0, 0.1) is 0 Å². The van der Waals surface area contributed by atoms with Crippen molar-refractivity contribution >= 4 is 0 Å². The van der Waals surface area contributed by atoms with Crippen LogP contribution < -0.4 is 5.32 Å². The molecule has 1 atom stereocenters. The Bertz CT molecular complexity index is 456. The lowest BCUT2D eigenvalue weighted by atomic mass is 9.91. The lowest BCUT2D eigenvalue weighted by Gasteiger charge is -2.30. The van der Waals surface area contributed by atoms with E-state index in [9.17, 15) is 31.4 Å². The summed E-state index contributed by atoms with van der Waals surface area (Å²) in [6, 6.07) is 3.85. The second-order valence-electron chi connectivity index (χ2n) is 4.54. The Hall–Kier alpha value is -1.28. The summed E-state index contributed by atoms with van der Waals surface area (Å²) in [5.74, 6) is 0. The van der Waals surface area contributed by atoms with Crippen LogP contribution in [0.2, 0.25) is 0 Å². The van der Waals surface area contributed by atoms with E-state index in [-0.39, 0.29) is 5.56 Å². The number of halogens is 6. The van der Waals surface area contributed by atoms with Crippen molar-refractivity contribution in [1.82, 2.24) is 5.32 Å². The summed E-state index contributed by atoms with van der Waals surface area (Å²) >= 11 is 0. The molecule has 0 aliphatic carbocycles. The van der Waals surface area contributed by atoms with E-state index in [0.29, 0.717) is 0 Å². The van der Waals surface area contributed by atoms with E-state index in [1.807, 2.05) is 5.32 Å². The molecule has 1 unspecified atom stereocenters. The summed E-state index contributed by atoms with van der Waals surface area (Å²) in [5.41, 5.74) is -2.67. The predicted octanol–water partition coefficient (Wildman–Crippen LogP) is 3.06. The number of hydrogen-bond donors (Lipinski definition) is 2. The molecular weight excluding hydrogens is 288 g/mol. The molecular formula is C12H13F6NO. The first-order valence-electron chi connectivity index (χ1n) is 5.58. The van der Waals surface area contributed by atoms with Gasteiger partial charge in [0, 0.05) is 0 Å². The van der Waals surface area contributed by atoms with Gasteiger partial charge in [0.15, 0.2) is 0 Å². The van der Waals surface area contributed by atoms with Gasteiger partial charge in [-0.25, -0.2) is 0 Å². The largest absolute Gasteiger partial charge is 0.416 e. The van der Waals surface area contributed by atoms with Crippen LogP contribution in [0.5, 0.6) is 0 Å². The molecule has 0 heterocycles. The van der Waals surface area contributed by atoms with E-state index in [4.69, 9.17) is 0 Å². The van der Waals surface area contributed by atoms with E-state index in [0.717, 1.165) is 18.2 Å². The van der Waals surface area contributed by atoms with Gasteiger partial charge in [-0.05, 0) is 24.6 Å². The van der Waals surface area contributed by atoms with Gasteiger partial charge in [-0.2, -0.15) is 26.3 Å². The third-order valence-corrected chi connectivity index (χ3v) is 2.82. The van der Waals surface area contributed by atoms with Gasteiger partial charge in [0.1, 0.15) is 0 Å². The molecule has 0 aliphatic rings. The molecule has 0 aromatic heterocycles. The van der Waals surface area contributed by atoms with E-state index in [1.54, 1.807) is 0 Å². The molecule has 1 rings (SSSR count). The molecule has 0 aliphatic heterocycles. The first-order chi connectivity index (χ1) is 8.98. The summed E-state index contributed by atoms with van der Waals surface area (Å²) in [7, 11) is 0. The average molecular weight is 301 g/mol. The molecule has 0 saturated carbocycles. The molecule has 1 aromatic rings. The van der Waals surface area contributed by atoms with Gasteiger partial charge >= 0.3 is 12.4 Å². The van der Waals surface area contributed by atoms with E-state index < -0.39 is 36.6 Å². The van der Waals surface area contributed by atoms with Gasteiger partial charge in [0.2, 0.25) is 0 Å². The first kappa shape index (κ1) is 16.8. The second-order valence-corrected chi connectivity index (χ2v) is 4.54. The van der Waals surface area contributed by atoms with Crippen LogP contribution in [0.15, 0.2) is 24.3 Å². The van der Waals surface area contributed by atoms with Crippen molar-refractivity contribution in [1.29, 1.82) is 0 Å². The van der Waals surface area contributed by atoms with Gasteiger partial charge in [-0.3, -0.25) is 5.32 Å². The minimum Gasteiger partial charge on any atom is -0.394 e. The molecule has 0 saturated heterocycles. The minimum atomic E-state index is -4.60. The highest BCUT2D eigenvalue weighted by atomic mass is 19.4. The highest BCUT2D eigenvalue weighted by Crippen LogP contribution is 2.32. The van der Waals surface area contributed by atoms with Crippen molar-refractivity contribution in [2.75, 3.05) is 13.2 Å². The Labute approximate surface area is 111 Å². The average Bonchev–Trinajstić information content (AvgIpc) is 2.34. The number of aliphatic hydroxyl groups is 1. The van der Waals surface area contributed by atoms with E-state index in [2.05, 4.69) is 0 Å². The Balaban J connectivity index is 3.05. The zero-order chi connectivity index (χ0) is 15.6. The maximum atomic E-state index is 12.6. The third-order valence-electron chi connectivity index (χ3n) is 2.82. The quantitative estimate of drug-likeness (QED) is 0.838. The standard InChI is InChI=1S/C12H13F6NO/c1-10(7-20,19-6-11(13,14)15)8-3-2-4-9(5-8)12(16,17)18/h2-5,19-20H,6-7H2,1H3. The van der Waals surface area contributed by atoms with Crippen LogP contribution in [0.3, 0.4) is 0 Å². The Morgan fingerprint density at radius 3 is 2.05 bits per heavy atom. The van der Waals surface area contributed by atoms with Crippen molar-refractivity contribution in [2.45, 2.75) is 24.8 Å². The molecule has 0 fully saturated rings. The molecule has 8 heteroatoms. The third kappa shape index (κ3) is 4.38. The van der Waals surface area contributed by atoms with Gasteiger partial charge < -0.3 is 5.11 Å². The lowest BCUT2D eigenvalue weighted by Crippen LogP contribution is -2.47. The normalized spacial score (nSPS) is 16.0. The highest BCUT2D eigenvalue weighted by Gasteiger charge is 2.36. The molecule has 0 spiro atoms. The highest BCUT2D eigenvalue weighted by molar-refractivity contribution is 5.31. The number of benzene rings is 1. The fourth-order valence-corrected chi connectivity index (χ4v) is 1.58. The summed E-state index contributed by atoms with van der Waals surface area (Å²) in [6.07, 6.45) is -9.13. The fourth-order valence-electron chi connectivity index (χ4n) is 1.58. The van der Waals surface area contributed by atoms with Crippen LogP contribution >= 0.6 is 0 Å². The predicted molar refractivity (Wildman–Crippen MR) is 59.9 cm³/mol. The number of hydrogen-bond acceptors (Lipinski definition) is 2. The van der Waals surface area contributed by atoms with Gasteiger partial charge in [0.05, 0.1) is 24.3 Å². The smallest absolute Gasteiger partial charge is 0.394 e. The Morgan fingerprint density at radius 1 is 1.05 bits per heavy atom. The molecule has 2 N–H and O–H groups in total. The summed E-state index contributed by atoms with van der Waals surface area (Å²) in [6.45, 7) is -0.987. The summed E-state index contributed by atoms with van der Waals surface area (Å²) in [5, 5.41) is 11.3. The molecule has 0 bridgehead atoms. The molecule has 1 aromatic carbocycles. The van der Waals surface area contributed by atoms with Crippen LogP contribution in [0.4, 0.5) is 26.3 Å². The molecule has 2 nitrogen and oxygen atoms in total. The summed E-state index contributed by atoms with van der Waals surface area (Å²) < 4.78 is 74.3. The second kappa shape index (κ2) is 5.61. The first-order valence-corrected chi connectivity index (χ1v) is 5.58. The van der Waals surface area contributed by atoms with Crippen molar-refractivity contribution in [3.8, 4) is 0 Å². The molecule has 114 valence electrons.